The molecular formula is C20H21N3O3. The van der Waals surface area contributed by atoms with Gasteiger partial charge < -0.3 is 15.5 Å². The number of likely N-dealkylation sites (tertiary alicyclic amines) is 1. The lowest BCUT2D eigenvalue weighted by atomic mass is 9.99. The summed E-state index contributed by atoms with van der Waals surface area (Å²) in [6, 6.07) is 14.7. The van der Waals surface area contributed by atoms with Gasteiger partial charge in [0, 0.05) is 12.0 Å². The van der Waals surface area contributed by atoms with Crippen molar-refractivity contribution >= 4 is 17.5 Å². The van der Waals surface area contributed by atoms with Gasteiger partial charge in [-0.1, -0.05) is 41.6 Å². The van der Waals surface area contributed by atoms with Gasteiger partial charge >= 0.3 is 0 Å². The van der Waals surface area contributed by atoms with Gasteiger partial charge in [0.05, 0.1) is 12.3 Å². The number of nitrogens with zero attached hydrogens (tertiary/aromatic N) is 2. The molecule has 1 heterocycles. The lowest BCUT2D eigenvalue weighted by Crippen LogP contribution is -2.43. The Morgan fingerprint density at radius 3 is 2.46 bits per heavy atom. The normalized spacial score (nSPS) is 18.2. The summed E-state index contributed by atoms with van der Waals surface area (Å²) in [6.07, 6.45) is 0.302. The lowest BCUT2D eigenvalue weighted by Gasteiger charge is -2.21. The van der Waals surface area contributed by atoms with Gasteiger partial charge in [0.2, 0.25) is 5.91 Å². The van der Waals surface area contributed by atoms with Gasteiger partial charge in [0.25, 0.3) is 5.91 Å². The van der Waals surface area contributed by atoms with Crippen molar-refractivity contribution in [1.29, 1.82) is 0 Å². The maximum absolute atomic E-state index is 12.8. The summed E-state index contributed by atoms with van der Waals surface area (Å²) in [5.74, 6) is -0.789. The standard InChI is InChI=1S/C20H21N3O3/c1-13-5-3-4-6-17(13)14-7-9-15(10-8-14)20(25)23-12-16(22-26-2)11-18(23)19(21)24/h3-10,18H,11-12H2,1-2H3,(H2,21,24). The van der Waals surface area contributed by atoms with Gasteiger partial charge in [-0.3, -0.25) is 9.59 Å². The van der Waals surface area contributed by atoms with Crippen LogP contribution in [-0.2, 0) is 9.63 Å². The van der Waals surface area contributed by atoms with E-state index in [9.17, 15) is 9.59 Å². The highest BCUT2D eigenvalue weighted by Gasteiger charge is 2.37. The lowest BCUT2D eigenvalue weighted by molar-refractivity contribution is -0.121. The zero-order valence-corrected chi connectivity index (χ0v) is 14.8. The Kier molecular flexibility index (Phi) is 5.02. The van der Waals surface area contributed by atoms with Crippen LogP contribution in [0, 0.1) is 6.92 Å². The smallest absolute Gasteiger partial charge is 0.254 e. The number of hydrogen-bond donors (Lipinski definition) is 1. The number of aryl methyl sites for hydroxylation is 1. The number of oxime groups is 1. The van der Waals surface area contributed by atoms with E-state index in [2.05, 4.69) is 5.16 Å². The Hall–Kier alpha value is -3.15. The fourth-order valence-corrected chi connectivity index (χ4v) is 3.22. The maximum atomic E-state index is 12.8. The van der Waals surface area contributed by atoms with Crippen LogP contribution >= 0.6 is 0 Å². The first-order chi connectivity index (χ1) is 12.5. The molecule has 2 N–H and O–H groups in total. The summed E-state index contributed by atoms with van der Waals surface area (Å²) < 4.78 is 0. The third-order valence-electron chi connectivity index (χ3n) is 4.56. The summed E-state index contributed by atoms with van der Waals surface area (Å²) in [5, 5.41) is 3.86. The second kappa shape index (κ2) is 7.39. The summed E-state index contributed by atoms with van der Waals surface area (Å²) >= 11 is 0. The summed E-state index contributed by atoms with van der Waals surface area (Å²) in [7, 11) is 1.43. The zero-order valence-electron chi connectivity index (χ0n) is 14.8. The molecule has 0 radical (unpaired) electrons. The fraction of sp³-hybridized carbons (Fsp3) is 0.250. The maximum Gasteiger partial charge on any atom is 0.254 e. The summed E-state index contributed by atoms with van der Waals surface area (Å²) in [4.78, 5) is 30.8. The first kappa shape index (κ1) is 17.7. The predicted molar refractivity (Wildman–Crippen MR) is 99.7 cm³/mol. The van der Waals surface area contributed by atoms with Gasteiger partial charge in [0.15, 0.2) is 0 Å². The first-order valence-corrected chi connectivity index (χ1v) is 8.36. The van der Waals surface area contributed by atoms with E-state index >= 15 is 0 Å². The van der Waals surface area contributed by atoms with Crippen molar-refractivity contribution in [3.63, 3.8) is 0 Å². The molecule has 0 bridgehead atoms. The third kappa shape index (κ3) is 3.44. The van der Waals surface area contributed by atoms with Crippen molar-refractivity contribution in [3.05, 3.63) is 59.7 Å². The van der Waals surface area contributed by atoms with Crippen molar-refractivity contribution in [3.8, 4) is 11.1 Å². The SMILES string of the molecule is CON=C1CC(C(N)=O)N(C(=O)c2ccc(-c3ccccc3C)cc2)C1. The van der Waals surface area contributed by atoms with Gasteiger partial charge in [-0.05, 0) is 35.7 Å². The first-order valence-electron chi connectivity index (χ1n) is 8.36. The highest BCUT2D eigenvalue weighted by Crippen LogP contribution is 2.25. The highest BCUT2D eigenvalue weighted by atomic mass is 16.6. The number of nitrogens with two attached hydrogens (primary N) is 1. The number of carbonyl (C=O) groups is 2. The van der Waals surface area contributed by atoms with E-state index in [0.717, 1.165) is 11.1 Å². The number of hydrogen-bond acceptors (Lipinski definition) is 4. The van der Waals surface area contributed by atoms with E-state index < -0.39 is 11.9 Å². The van der Waals surface area contributed by atoms with Crippen LogP contribution in [0.2, 0.25) is 0 Å². The average molecular weight is 351 g/mol. The minimum absolute atomic E-state index is 0.236. The second-order valence-corrected chi connectivity index (χ2v) is 6.29. The average Bonchev–Trinajstić information content (AvgIpc) is 3.06. The minimum atomic E-state index is -0.701. The van der Waals surface area contributed by atoms with E-state index in [4.69, 9.17) is 10.6 Å². The largest absolute Gasteiger partial charge is 0.399 e. The number of rotatable bonds is 4. The molecule has 0 spiro atoms. The van der Waals surface area contributed by atoms with Gasteiger partial charge in [-0.15, -0.1) is 0 Å². The summed E-state index contributed by atoms with van der Waals surface area (Å²) in [5.41, 5.74) is 9.91. The zero-order chi connectivity index (χ0) is 18.7. The number of benzene rings is 2. The molecule has 6 heteroatoms. The monoisotopic (exact) mass is 351 g/mol. The second-order valence-electron chi connectivity index (χ2n) is 6.29. The van der Waals surface area contributed by atoms with Crippen LogP contribution in [0.3, 0.4) is 0 Å². The number of carbonyl (C=O) groups excluding carboxylic acids is 2. The molecule has 1 saturated heterocycles. The molecule has 0 saturated carbocycles. The molecule has 2 aromatic carbocycles. The number of primary amides is 1. The van der Waals surface area contributed by atoms with Crippen LogP contribution in [0.4, 0.5) is 0 Å². The molecular weight excluding hydrogens is 330 g/mol. The Morgan fingerprint density at radius 1 is 1.15 bits per heavy atom. The molecule has 2 amide bonds. The molecule has 1 atom stereocenters. The molecule has 1 aliphatic rings. The van der Waals surface area contributed by atoms with Crippen LogP contribution in [0.5, 0.6) is 0 Å². The van der Waals surface area contributed by atoms with Crippen molar-refractivity contribution in [2.75, 3.05) is 13.7 Å². The molecule has 1 unspecified atom stereocenters. The quantitative estimate of drug-likeness (QED) is 0.858. The fourth-order valence-electron chi connectivity index (χ4n) is 3.22. The van der Waals surface area contributed by atoms with Crippen LogP contribution in [0.25, 0.3) is 11.1 Å². The van der Waals surface area contributed by atoms with Gasteiger partial charge in [-0.25, -0.2) is 0 Å². The Bertz CT molecular complexity index is 859. The van der Waals surface area contributed by atoms with E-state index in [1.54, 1.807) is 12.1 Å². The molecule has 1 fully saturated rings. The van der Waals surface area contributed by atoms with Crippen LogP contribution in [-0.4, -0.2) is 42.1 Å². The van der Waals surface area contributed by atoms with Crippen LogP contribution in [0.15, 0.2) is 53.7 Å². The predicted octanol–water partition coefficient (Wildman–Crippen LogP) is 2.36. The Morgan fingerprint density at radius 2 is 1.85 bits per heavy atom. The molecule has 0 aromatic heterocycles. The minimum Gasteiger partial charge on any atom is -0.399 e. The van der Waals surface area contributed by atoms with Crippen molar-refractivity contribution in [1.82, 2.24) is 4.90 Å². The molecule has 26 heavy (non-hydrogen) atoms. The van der Waals surface area contributed by atoms with Crippen LogP contribution in [0.1, 0.15) is 22.3 Å². The molecule has 6 nitrogen and oxygen atoms in total. The number of amides is 2. The van der Waals surface area contributed by atoms with Crippen molar-refractivity contribution in [2.45, 2.75) is 19.4 Å². The van der Waals surface area contributed by atoms with Gasteiger partial charge in [0.1, 0.15) is 13.2 Å². The van der Waals surface area contributed by atoms with Crippen molar-refractivity contribution in [2.24, 2.45) is 10.9 Å². The van der Waals surface area contributed by atoms with Gasteiger partial charge in [-0.2, -0.15) is 0 Å². The molecule has 0 aliphatic carbocycles. The molecule has 134 valence electrons. The van der Waals surface area contributed by atoms with Crippen LogP contribution < -0.4 is 5.73 Å². The molecule has 2 aromatic rings. The summed E-state index contributed by atoms with van der Waals surface area (Å²) in [6.45, 7) is 2.28. The topological polar surface area (TPSA) is 85.0 Å². The van der Waals surface area contributed by atoms with E-state index in [1.165, 1.54) is 17.6 Å². The highest BCUT2D eigenvalue weighted by molar-refractivity contribution is 6.05. The Balaban J connectivity index is 1.85. The Labute approximate surface area is 152 Å². The molecule has 3 rings (SSSR count). The van der Waals surface area contributed by atoms with E-state index in [0.29, 0.717) is 17.7 Å². The van der Waals surface area contributed by atoms with E-state index in [1.807, 2.05) is 43.3 Å². The van der Waals surface area contributed by atoms with Crippen molar-refractivity contribution < 1.29 is 14.4 Å². The molecule has 1 aliphatic heterocycles. The van der Waals surface area contributed by atoms with E-state index in [-0.39, 0.29) is 12.5 Å². The third-order valence-corrected chi connectivity index (χ3v) is 4.56.